The van der Waals surface area contributed by atoms with Crippen molar-refractivity contribution in [1.82, 2.24) is 4.98 Å². The smallest absolute Gasteiger partial charge is 0.357 e. The van der Waals surface area contributed by atoms with E-state index in [0.717, 1.165) is 4.47 Å². The zero-order valence-corrected chi connectivity index (χ0v) is 12.3. The van der Waals surface area contributed by atoms with Gasteiger partial charge in [-0.25, -0.2) is 14.2 Å². The number of hydrogen-bond donors (Lipinski definition) is 1. The molecule has 0 bridgehead atoms. The molecule has 0 radical (unpaired) electrons. The van der Waals surface area contributed by atoms with Crippen molar-refractivity contribution in [1.29, 1.82) is 0 Å². The van der Waals surface area contributed by atoms with E-state index in [4.69, 9.17) is 4.74 Å². The van der Waals surface area contributed by atoms with Crippen molar-refractivity contribution >= 4 is 44.1 Å². The number of nitrogens with one attached hydrogen (secondary N) is 1. The van der Waals surface area contributed by atoms with E-state index in [0.29, 0.717) is 17.4 Å². The molecule has 2 rings (SSSR count). The van der Waals surface area contributed by atoms with Crippen LogP contribution in [0.15, 0.2) is 28.1 Å². The van der Waals surface area contributed by atoms with E-state index >= 15 is 0 Å². The first-order valence-electron chi connectivity index (χ1n) is 5.45. The molecule has 0 fully saturated rings. The van der Waals surface area contributed by atoms with E-state index in [1.165, 1.54) is 17.4 Å². The van der Waals surface area contributed by atoms with Gasteiger partial charge in [-0.2, -0.15) is 0 Å². The normalized spacial score (nSPS) is 10.3. The van der Waals surface area contributed by atoms with E-state index in [-0.39, 0.29) is 5.69 Å². The number of nitrogens with zero attached hydrogens (tertiary/aromatic N) is 1. The van der Waals surface area contributed by atoms with Gasteiger partial charge in [-0.05, 0) is 25.1 Å². The lowest BCUT2D eigenvalue weighted by Gasteiger charge is -2.04. The van der Waals surface area contributed by atoms with Crippen molar-refractivity contribution in [3.8, 4) is 0 Å². The number of carbonyl (C=O) groups excluding carboxylic acids is 1. The number of hydrogen-bond acceptors (Lipinski definition) is 5. The number of aromatic nitrogens is 1. The fourth-order valence-electron chi connectivity index (χ4n) is 1.34. The maximum atomic E-state index is 13.5. The zero-order valence-electron chi connectivity index (χ0n) is 9.94. The molecule has 0 atom stereocenters. The molecule has 0 spiro atoms. The minimum absolute atomic E-state index is 0.213. The van der Waals surface area contributed by atoms with Crippen LogP contribution in [0, 0.1) is 5.82 Å². The Labute approximate surface area is 121 Å². The van der Waals surface area contributed by atoms with Crippen LogP contribution >= 0.6 is 27.3 Å². The quantitative estimate of drug-likeness (QED) is 0.852. The molecule has 0 saturated heterocycles. The standard InChI is InChI=1S/C12H10BrFN2O2S/c1-2-18-11(17)10-6-19-12(16-10)15-9-5-7(13)3-4-8(9)14/h3-6H,2H2,1H3,(H,15,16). The second-order valence-electron chi connectivity index (χ2n) is 3.51. The fourth-order valence-corrected chi connectivity index (χ4v) is 2.39. The summed E-state index contributed by atoms with van der Waals surface area (Å²) in [4.78, 5) is 15.5. The molecular formula is C12H10BrFN2O2S. The number of rotatable bonds is 4. The Balaban J connectivity index is 2.15. The lowest BCUT2D eigenvalue weighted by molar-refractivity contribution is 0.0520. The number of halogens is 2. The molecule has 1 N–H and O–H groups in total. The summed E-state index contributed by atoms with van der Waals surface area (Å²) in [6, 6.07) is 4.54. The predicted molar refractivity (Wildman–Crippen MR) is 75.5 cm³/mol. The molecule has 1 aromatic carbocycles. The van der Waals surface area contributed by atoms with Crippen LogP contribution in [0.3, 0.4) is 0 Å². The number of thiazole rings is 1. The highest BCUT2D eigenvalue weighted by molar-refractivity contribution is 9.10. The Morgan fingerprint density at radius 3 is 3.11 bits per heavy atom. The molecule has 1 aromatic heterocycles. The number of carbonyl (C=O) groups is 1. The minimum Gasteiger partial charge on any atom is -0.461 e. The first-order valence-corrected chi connectivity index (χ1v) is 7.12. The van der Waals surface area contributed by atoms with Gasteiger partial charge in [0.05, 0.1) is 12.3 Å². The Bertz CT molecular complexity index is 603. The summed E-state index contributed by atoms with van der Waals surface area (Å²) >= 11 is 4.47. The molecular weight excluding hydrogens is 335 g/mol. The molecule has 4 nitrogen and oxygen atoms in total. The molecule has 2 aromatic rings. The molecule has 0 aliphatic rings. The van der Waals surface area contributed by atoms with E-state index in [9.17, 15) is 9.18 Å². The van der Waals surface area contributed by atoms with Crippen LogP contribution in [0.1, 0.15) is 17.4 Å². The van der Waals surface area contributed by atoms with Crippen LogP contribution in [-0.4, -0.2) is 17.6 Å². The van der Waals surface area contributed by atoms with Gasteiger partial charge in [-0.15, -0.1) is 11.3 Å². The Hall–Kier alpha value is -1.47. The third-order valence-electron chi connectivity index (χ3n) is 2.16. The Morgan fingerprint density at radius 2 is 2.37 bits per heavy atom. The third kappa shape index (κ3) is 3.51. The average Bonchev–Trinajstić information content (AvgIpc) is 2.83. The van der Waals surface area contributed by atoms with Gasteiger partial charge in [0.15, 0.2) is 10.8 Å². The SMILES string of the molecule is CCOC(=O)c1csc(Nc2cc(Br)ccc2F)n1. The van der Waals surface area contributed by atoms with E-state index < -0.39 is 11.8 Å². The summed E-state index contributed by atoms with van der Waals surface area (Å²) in [6.45, 7) is 2.01. The predicted octanol–water partition coefficient (Wildman–Crippen LogP) is 3.97. The van der Waals surface area contributed by atoms with Crippen molar-refractivity contribution in [2.24, 2.45) is 0 Å². The van der Waals surface area contributed by atoms with Gasteiger partial charge in [0.2, 0.25) is 0 Å². The van der Waals surface area contributed by atoms with Gasteiger partial charge < -0.3 is 10.1 Å². The molecule has 0 saturated carbocycles. The number of ether oxygens (including phenoxy) is 1. The molecule has 7 heteroatoms. The van der Waals surface area contributed by atoms with Gasteiger partial charge in [-0.1, -0.05) is 15.9 Å². The van der Waals surface area contributed by atoms with Crippen LogP contribution in [0.2, 0.25) is 0 Å². The first-order chi connectivity index (χ1) is 9.10. The number of benzene rings is 1. The number of esters is 1. The molecule has 100 valence electrons. The molecule has 0 aliphatic carbocycles. The highest BCUT2D eigenvalue weighted by Crippen LogP contribution is 2.26. The van der Waals surface area contributed by atoms with E-state index in [1.807, 2.05) is 0 Å². The maximum absolute atomic E-state index is 13.5. The summed E-state index contributed by atoms with van der Waals surface area (Å²) in [7, 11) is 0. The zero-order chi connectivity index (χ0) is 13.8. The topological polar surface area (TPSA) is 51.2 Å². The van der Waals surface area contributed by atoms with Crippen LogP contribution in [0.25, 0.3) is 0 Å². The number of anilines is 2. The van der Waals surface area contributed by atoms with Gasteiger partial charge in [-0.3, -0.25) is 0 Å². The second kappa shape index (κ2) is 6.12. The fraction of sp³-hybridized carbons (Fsp3) is 0.167. The van der Waals surface area contributed by atoms with Crippen LogP contribution < -0.4 is 5.32 Å². The maximum Gasteiger partial charge on any atom is 0.357 e. The van der Waals surface area contributed by atoms with Crippen LogP contribution in [0.5, 0.6) is 0 Å². The monoisotopic (exact) mass is 344 g/mol. The van der Waals surface area contributed by atoms with Gasteiger partial charge in [0.1, 0.15) is 5.82 Å². The summed E-state index contributed by atoms with van der Waals surface area (Å²) in [5, 5.41) is 4.82. The highest BCUT2D eigenvalue weighted by Gasteiger charge is 2.12. The van der Waals surface area contributed by atoms with Crippen molar-refractivity contribution < 1.29 is 13.9 Å². The molecule has 19 heavy (non-hydrogen) atoms. The summed E-state index contributed by atoms with van der Waals surface area (Å²) in [5.41, 5.74) is 0.504. The van der Waals surface area contributed by atoms with Crippen molar-refractivity contribution in [2.45, 2.75) is 6.92 Å². The molecule has 0 unspecified atom stereocenters. The van der Waals surface area contributed by atoms with Gasteiger partial charge in [0.25, 0.3) is 0 Å². The molecule has 0 aliphatic heterocycles. The summed E-state index contributed by atoms with van der Waals surface area (Å²) in [6.07, 6.45) is 0. The molecule has 1 heterocycles. The van der Waals surface area contributed by atoms with Gasteiger partial charge >= 0.3 is 5.97 Å². The minimum atomic E-state index is -0.485. The van der Waals surface area contributed by atoms with E-state index in [1.54, 1.807) is 24.4 Å². The second-order valence-corrected chi connectivity index (χ2v) is 5.28. The Kier molecular flexibility index (Phi) is 4.49. The van der Waals surface area contributed by atoms with Crippen molar-refractivity contribution in [3.63, 3.8) is 0 Å². The lowest BCUT2D eigenvalue weighted by Crippen LogP contribution is -2.05. The van der Waals surface area contributed by atoms with Crippen LogP contribution in [0.4, 0.5) is 15.2 Å². The first kappa shape index (κ1) is 14.0. The van der Waals surface area contributed by atoms with Gasteiger partial charge in [0, 0.05) is 9.85 Å². The van der Waals surface area contributed by atoms with Crippen LogP contribution in [-0.2, 0) is 4.74 Å². The third-order valence-corrected chi connectivity index (χ3v) is 3.41. The summed E-state index contributed by atoms with van der Waals surface area (Å²) in [5.74, 6) is -0.877. The summed E-state index contributed by atoms with van der Waals surface area (Å²) < 4.78 is 19.1. The lowest BCUT2D eigenvalue weighted by atomic mass is 10.3. The Morgan fingerprint density at radius 1 is 1.58 bits per heavy atom. The largest absolute Gasteiger partial charge is 0.461 e. The highest BCUT2D eigenvalue weighted by atomic mass is 79.9. The average molecular weight is 345 g/mol. The van der Waals surface area contributed by atoms with Crippen molar-refractivity contribution in [2.75, 3.05) is 11.9 Å². The van der Waals surface area contributed by atoms with Crippen molar-refractivity contribution in [3.05, 3.63) is 39.6 Å². The molecule has 0 amide bonds. The van der Waals surface area contributed by atoms with E-state index in [2.05, 4.69) is 26.2 Å².